The van der Waals surface area contributed by atoms with Gasteiger partial charge in [-0.2, -0.15) is 0 Å². The minimum absolute atomic E-state index is 0.0604. The van der Waals surface area contributed by atoms with Crippen molar-refractivity contribution in [3.63, 3.8) is 0 Å². The van der Waals surface area contributed by atoms with Crippen LogP contribution >= 0.6 is 0 Å². The van der Waals surface area contributed by atoms with Crippen molar-refractivity contribution in [3.8, 4) is 0 Å². The van der Waals surface area contributed by atoms with Crippen LogP contribution in [-0.4, -0.2) is 33.8 Å². The van der Waals surface area contributed by atoms with E-state index in [4.69, 9.17) is 4.74 Å². The fourth-order valence-corrected chi connectivity index (χ4v) is 4.10. The molecule has 2 unspecified atom stereocenters. The maximum atomic E-state index is 12.5. The van der Waals surface area contributed by atoms with E-state index in [1.807, 2.05) is 31.7 Å². The summed E-state index contributed by atoms with van der Waals surface area (Å²) in [5.74, 6) is 0. The number of ether oxygens (including phenoxy) is 1. The summed E-state index contributed by atoms with van der Waals surface area (Å²) in [6.45, 7) is 9.83. The quantitative estimate of drug-likeness (QED) is 0.844. The number of amides is 1. The van der Waals surface area contributed by atoms with E-state index in [0.717, 1.165) is 18.4 Å². The highest BCUT2D eigenvalue weighted by Gasteiger charge is 2.51. The molecule has 2 fully saturated rings. The molecule has 2 atom stereocenters. The number of aryl methyl sites for hydroxylation is 2. The summed E-state index contributed by atoms with van der Waals surface area (Å²) in [5, 5.41) is 11.3. The molecule has 4 nitrogen and oxygen atoms in total. The number of aliphatic hydroxyl groups is 1. The Morgan fingerprint density at radius 3 is 2.25 bits per heavy atom. The van der Waals surface area contributed by atoms with Gasteiger partial charge in [0, 0.05) is 24.9 Å². The fraction of sp³-hybridized carbons (Fsp3) is 0.650. The monoisotopic (exact) mass is 331 g/mol. The van der Waals surface area contributed by atoms with Crippen LogP contribution in [0.25, 0.3) is 0 Å². The number of carbonyl (C=O) groups is 1. The van der Waals surface area contributed by atoms with Gasteiger partial charge in [-0.25, -0.2) is 4.79 Å². The first kappa shape index (κ1) is 17.3. The Morgan fingerprint density at radius 1 is 1.17 bits per heavy atom. The van der Waals surface area contributed by atoms with Crippen molar-refractivity contribution in [2.75, 3.05) is 0 Å². The second-order valence-electron chi connectivity index (χ2n) is 8.51. The van der Waals surface area contributed by atoms with Gasteiger partial charge in [-0.3, -0.25) is 0 Å². The third-order valence-electron chi connectivity index (χ3n) is 5.42. The predicted octanol–water partition coefficient (Wildman–Crippen LogP) is 4.05. The van der Waals surface area contributed by atoms with Gasteiger partial charge in [0.2, 0.25) is 0 Å². The van der Waals surface area contributed by atoms with Crippen molar-refractivity contribution in [3.05, 3.63) is 34.9 Å². The maximum Gasteiger partial charge on any atom is 0.410 e. The van der Waals surface area contributed by atoms with E-state index in [1.54, 1.807) is 0 Å². The molecule has 1 aromatic rings. The maximum absolute atomic E-state index is 12.5. The highest BCUT2D eigenvalue weighted by atomic mass is 16.6. The van der Waals surface area contributed by atoms with Crippen molar-refractivity contribution >= 4 is 6.09 Å². The lowest BCUT2D eigenvalue weighted by molar-refractivity contribution is -0.0624. The molecule has 2 aliphatic rings. The molecule has 0 spiro atoms. The first-order valence-electron chi connectivity index (χ1n) is 8.90. The highest BCUT2D eigenvalue weighted by molar-refractivity contribution is 5.69. The van der Waals surface area contributed by atoms with E-state index in [9.17, 15) is 9.90 Å². The lowest BCUT2D eigenvalue weighted by Crippen LogP contribution is -2.53. The summed E-state index contributed by atoms with van der Waals surface area (Å²) >= 11 is 0. The lowest BCUT2D eigenvalue weighted by Gasteiger charge is -2.44. The minimum Gasteiger partial charge on any atom is -0.444 e. The molecule has 3 rings (SSSR count). The number of rotatable bonds is 1. The van der Waals surface area contributed by atoms with Crippen LogP contribution in [0.4, 0.5) is 4.79 Å². The molecule has 1 amide bonds. The molecule has 2 aliphatic heterocycles. The van der Waals surface area contributed by atoms with E-state index >= 15 is 0 Å². The van der Waals surface area contributed by atoms with Crippen LogP contribution in [0.2, 0.25) is 0 Å². The van der Waals surface area contributed by atoms with Gasteiger partial charge in [-0.15, -0.1) is 0 Å². The van der Waals surface area contributed by atoms with E-state index in [2.05, 4.69) is 26.0 Å². The summed E-state index contributed by atoms with van der Waals surface area (Å²) in [4.78, 5) is 14.4. The predicted molar refractivity (Wildman–Crippen MR) is 93.9 cm³/mol. The van der Waals surface area contributed by atoms with Crippen molar-refractivity contribution in [1.82, 2.24) is 4.90 Å². The summed E-state index contributed by atoms with van der Waals surface area (Å²) in [6, 6.07) is 6.32. The Hall–Kier alpha value is -1.55. The lowest BCUT2D eigenvalue weighted by atomic mass is 9.80. The molecule has 2 heterocycles. The first-order chi connectivity index (χ1) is 11.1. The second-order valence-corrected chi connectivity index (χ2v) is 8.51. The van der Waals surface area contributed by atoms with E-state index in [0.29, 0.717) is 12.8 Å². The molecule has 132 valence electrons. The van der Waals surface area contributed by atoms with Gasteiger partial charge in [0.1, 0.15) is 5.60 Å². The van der Waals surface area contributed by atoms with Crippen molar-refractivity contribution in [2.45, 2.75) is 83.6 Å². The molecule has 1 N–H and O–H groups in total. The number of carbonyl (C=O) groups excluding carboxylic acids is 1. The summed E-state index contributed by atoms with van der Waals surface area (Å²) in [5.41, 5.74) is 2.08. The number of nitrogens with zero attached hydrogens (tertiary/aromatic N) is 1. The van der Waals surface area contributed by atoms with Crippen LogP contribution in [0.1, 0.15) is 63.1 Å². The van der Waals surface area contributed by atoms with Gasteiger partial charge in [0.05, 0.1) is 5.60 Å². The molecule has 1 aromatic carbocycles. The molecule has 4 heteroatoms. The van der Waals surface area contributed by atoms with Gasteiger partial charge < -0.3 is 14.7 Å². The zero-order valence-corrected chi connectivity index (χ0v) is 15.4. The zero-order valence-electron chi connectivity index (χ0n) is 15.4. The fourth-order valence-electron chi connectivity index (χ4n) is 4.10. The van der Waals surface area contributed by atoms with Gasteiger partial charge in [-0.1, -0.05) is 18.2 Å². The van der Waals surface area contributed by atoms with Crippen LogP contribution in [0.5, 0.6) is 0 Å². The Morgan fingerprint density at radius 2 is 1.75 bits per heavy atom. The zero-order chi connectivity index (χ0) is 17.7. The van der Waals surface area contributed by atoms with Crippen LogP contribution < -0.4 is 0 Å². The van der Waals surface area contributed by atoms with E-state index in [-0.39, 0.29) is 18.2 Å². The molecule has 0 aliphatic carbocycles. The number of hydrogen-bond acceptors (Lipinski definition) is 3. The van der Waals surface area contributed by atoms with Gasteiger partial charge in [0.25, 0.3) is 0 Å². The molecule has 0 radical (unpaired) electrons. The number of piperidine rings is 1. The van der Waals surface area contributed by atoms with Gasteiger partial charge in [0.15, 0.2) is 0 Å². The molecular weight excluding hydrogens is 302 g/mol. The van der Waals surface area contributed by atoms with Gasteiger partial charge in [-0.05, 0) is 64.2 Å². The number of fused-ring (bicyclic) bond motifs is 2. The van der Waals surface area contributed by atoms with Gasteiger partial charge >= 0.3 is 6.09 Å². The standard InChI is InChI=1S/C20H29NO3/c1-13-6-7-15(10-14(13)2)20(23)11-16-8-9-17(12-20)21(16)18(22)24-19(3,4)5/h6-7,10,16-17,23H,8-9,11-12H2,1-5H3. The van der Waals surface area contributed by atoms with Crippen LogP contribution in [0.3, 0.4) is 0 Å². The Labute approximate surface area is 144 Å². The second kappa shape index (κ2) is 5.76. The number of benzene rings is 1. The molecule has 2 bridgehead atoms. The van der Waals surface area contributed by atoms with Crippen LogP contribution in [-0.2, 0) is 10.3 Å². The molecule has 0 saturated carbocycles. The van der Waals surface area contributed by atoms with E-state index in [1.165, 1.54) is 11.1 Å². The summed E-state index contributed by atoms with van der Waals surface area (Å²) < 4.78 is 5.57. The van der Waals surface area contributed by atoms with Crippen LogP contribution in [0.15, 0.2) is 18.2 Å². The van der Waals surface area contributed by atoms with Crippen LogP contribution in [0, 0.1) is 13.8 Å². The third-order valence-corrected chi connectivity index (χ3v) is 5.42. The smallest absolute Gasteiger partial charge is 0.410 e. The Bertz CT molecular complexity index is 633. The number of hydrogen-bond donors (Lipinski definition) is 1. The summed E-state index contributed by atoms with van der Waals surface area (Å²) in [6.07, 6.45) is 2.82. The third kappa shape index (κ3) is 3.16. The largest absolute Gasteiger partial charge is 0.444 e. The van der Waals surface area contributed by atoms with Crippen molar-refractivity contribution < 1.29 is 14.6 Å². The van der Waals surface area contributed by atoms with E-state index < -0.39 is 11.2 Å². The average molecular weight is 331 g/mol. The van der Waals surface area contributed by atoms with Crippen molar-refractivity contribution in [2.24, 2.45) is 0 Å². The normalized spacial score (nSPS) is 29.7. The topological polar surface area (TPSA) is 49.8 Å². The first-order valence-corrected chi connectivity index (χ1v) is 8.90. The Balaban J connectivity index is 1.81. The molecular formula is C20H29NO3. The Kier molecular flexibility index (Phi) is 4.15. The average Bonchev–Trinajstić information content (AvgIpc) is 2.73. The molecule has 2 saturated heterocycles. The molecule has 24 heavy (non-hydrogen) atoms. The SMILES string of the molecule is Cc1ccc(C2(O)CC3CCC(C2)N3C(=O)OC(C)(C)C)cc1C. The van der Waals surface area contributed by atoms with Crippen molar-refractivity contribution in [1.29, 1.82) is 0 Å². The minimum atomic E-state index is -0.844. The highest BCUT2D eigenvalue weighted by Crippen LogP contribution is 2.46. The summed E-state index contributed by atoms with van der Waals surface area (Å²) in [7, 11) is 0. The molecule has 0 aromatic heterocycles.